The van der Waals surface area contributed by atoms with E-state index in [4.69, 9.17) is 27.9 Å². The molecule has 1 heterocycles. The van der Waals surface area contributed by atoms with Crippen LogP contribution in [0.1, 0.15) is 6.42 Å². The summed E-state index contributed by atoms with van der Waals surface area (Å²) in [6, 6.07) is 0. The van der Waals surface area contributed by atoms with Gasteiger partial charge in [0.25, 0.3) is 0 Å². The Hall–Kier alpha value is -0.140. The molecule has 0 spiro atoms. The summed E-state index contributed by atoms with van der Waals surface area (Å²) in [7, 11) is 0. The zero-order valence-corrected chi connectivity index (χ0v) is 6.90. The van der Waals surface area contributed by atoms with E-state index in [9.17, 15) is 0 Å². The Bertz CT molecular complexity index is 163. The van der Waals surface area contributed by atoms with Crippen LogP contribution in [0.5, 0.6) is 0 Å². The van der Waals surface area contributed by atoms with Crippen LogP contribution in [0.15, 0.2) is 25.0 Å². The van der Waals surface area contributed by atoms with Crippen LogP contribution in [-0.4, -0.2) is 10.4 Å². The summed E-state index contributed by atoms with van der Waals surface area (Å²) < 4.78 is 4.24. The maximum absolute atomic E-state index is 5.86. The van der Waals surface area contributed by atoms with Crippen molar-refractivity contribution in [1.82, 2.24) is 0 Å². The van der Waals surface area contributed by atoms with Gasteiger partial charge in [-0.1, -0.05) is 29.8 Å². The van der Waals surface area contributed by atoms with Crippen molar-refractivity contribution < 1.29 is 4.74 Å². The Kier molecular flexibility index (Phi) is 2.27. The van der Waals surface area contributed by atoms with Crippen molar-refractivity contribution in [3.8, 4) is 0 Å². The Balaban J connectivity index is 2.72. The summed E-state index contributed by atoms with van der Waals surface area (Å²) >= 11 is 11.7. The van der Waals surface area contributed by atoms with Crippen LogP contribution in [0.3, 0.4) is 0 Å². The molecule has 56 valence electrons. The molecule has 1 atom stereocenters. The van der Waals surface area contributed by atoms with Crippen molar-refractivity contribution >= 4 is 23.2 Å². The maximum Gasteiger partial charge on any atom is 0.161 e. The minimum Gasteiger partial charge on any atom is -0.491 e. The van der Waals surface area contributed by atoms with Crippen LogP contribution >= 0.6 is 23.2 Å². The van der Waals surface area contributed by atoms with E-state index in [0.29, 0.717) is 6.42 Å². The fourth-order valence-corrected chi connectivity index (χ4v) is 1.25. The molecular formula is C7H8Cl2O. The monoisotopic (exact) mass is 178 g/mol. The molecule has 0 bridgehead atoms. The molecule has 0 saturated heterocycles. The van der Waals surface area contributed by atoms with E-state index in [-0.39, 0.29) is 6.10 Å². The summed E-state index contributed by atoms with van der Waals surface area (Å²) in [4.78, 5) is 0. The third-order valence-corrected chi connectivity index (χ3v) is 2.08. The molecule has 1 unspecified atom stereocenters. The first-order chi connectivity index (χ1) is 4.67. The second-order valence-electron chi connectivity index (χ2n) is 2.13. The van der Waals surface area contributed by atoms with Crippen molar-refractivity contribution in [2.75, 3.05) is 0 Å². The molecule has 1 rings (SSSR count). The zero-order chi connectivity index (χ0) is 7.61. The molecule has 10 heavy (non-hydrogen) atoms. The summed E-state index contributed by atoms with van der Waals surface area (Å²) in [6.07, 6.45) is 5.30. The van der Waals surface area contributed by atoms with E-state index in [0.717, 1.165) is 0 Å². The predicted octanol–water partition coefficient (Wildman–Crippen LogP) is 2.65. The van der Waals surface area contributed by atoms with Gasteiger partial charge in [0.1, 0.15) is 6.10 Å². The van der Waals surface area contributed by atoms with Gasteiger partial charge in [-0.3, -0.25) is 0 Å². The number of halogens is 2. The zero-order valence-electron chi connectivity index (χ0n) is 5.39. The molecule has 0 aromatic heterocycles. The average molecular weight is 179 g/mol. The number of rotatable bonds is 1. The lowest BCUT2D eigenvalue weighted by atomic mass is 10.1. The first-order valence-corrected chi connectivity index (χ1v) is 3.73. The standard InChI is InChI=1S/C7H8Cl2O/c1-2-6-7(8,9)4-3-5-10-6/h2-3,5-6H,1,4H2. The first-order valence-electron chi connectivity index (χ1n) is 2.97. The number of allylic oxidation sites excluding steroid dienone is 1. The second kappa shape index (κ2) is 2.85. The highest BCUT2D eigenvalue weighted by atomic mass is 35.5. The lowest BCUT2D eigenvalue weighted by Gasteiger charge is -2.28. The molecule has 0 radical (unpaired) electrons. The van der Waals surface area contributed by atoms with Gasteiger partial charge in [0.2, 0.25) is 0 Å². The number of hydrogen-bond donors (Lipinski definition) is 0. The van der Waals surface area contributed by atoms with Gasteiger partial charge < -0.3 is 4.74 Å². The Morgan fingerprint density at radius 1 is 1.70 bits per heavy atom. The first kappa shape index (κ1) is 7.96. The van der Waals surface area contributed by atoms with Crippen molar-refractivity contribution in [3.63, 3.8) is 0 Å². The Morgan fingerprint density at radius 3 is 2.80 bits per heavy atom. The molecule has 1 aliphatic rings. The molecule has 1 aliphatic heterocycles. The fraction of sp³-hybridized carbons (Fsp3) is 0.429. The van der Waals surface area contributed by atoms with Crippen LogP contribution in [0.25, 0.3) is 0 Å². The van der Waals surface area contributed by atoms with Gasteiger partial charge in [-0.05, 0) is 12.2 Å². The van der Waals surface area contributed by atoms with Crippen LogP contribution in [-0.2, 0) is 4.74 Å². The topological polar surface area (TPSA) is 9.23 Å². The third-order valence-electron chi connectivity index (χ3n) is 1.34. The van der Waals surface area contributed by atoms with Gasteiger partial charge in [0, 0.05) is 6.42 Å². The van der Waals surface area contributed by atoms with Crippen molar-refractivity contribution in [1.29, 1.82) is 0 Å². The average Bonchev–Trinajstić information content (AvgIpc) is 1.87. The largest absolute Gasteiger partial charge is 0.491 e. The Morgan fingerprint density at radius 2 is 2.40 bits per heavy atom. The predicted molar refractivity (Wildman–Crippen MR) is 43.3 cm³/mol. The smallest absolute Gasteiger partial charge is 0.161 e. The van der Waals surface area contributed by atoms with E-state index in [1.165, 1.54) is 0 Å². The molecule has 0 aromatic carbocycles. The van der Waals surface area contributed by atoms with Gasteiger partial charge in [-0.2, -0.15) is 0 Å². The molecule has 0 amide bonds. The van der Waals surface area contributed by atoms with Crippen molar-refractivity contribution in [2.24, 2.45) is 0 Å². The molecule has 0 aliphatic carbocycles. The fourth-order valence-electron chi connectivity index (χ4n) is 0.789. The number of ether oxygens (including phenoxy) is 1. The lowest BCUT2D eigenvalue weighted by Crippen LogP contribution is -2.32. The van der Waals surface area contributed by atoms with Crippen molar-refractivity contribution in [2.45, 2.75) is 16.9 Å². The highest BCUT2D eigenvalue weighted by Gasteiger charge is 2.34. The molecule has 1 nitrogen and oxygen atoms in total. The van der Waals surface area contributed by atoms with E-state index < -0.39 is 4.33 Å². The molecular weight excluding hydrogens is 171 g/mol. The van der Waals surface area contributed by atoms with E-state index in [1.807, 2.05) is 0 Å². The number of alkyl halides is 2. The summed E-state index contributed by atoms with van der Waals surface area (Å²) in [5.74, 6) is 0. The SMILES string of the molecule is C=CC1OC=CCC1(Cl)Cl. The van der Waals surface area contributed by atoms with Gasteiger partial charge >= 0.3 is 0 Å². The quantitative estimate of drug-likeness (QED) is 0.444. The third kappa shape index (κ3) is 1.47. The molecule has 0 N–H and O–H groups in total. The minimum absolute atomic E-state index is 0.291. The number of hydrogen-bond acceptors (Lipinski definition) is 1. The van der Waals surface area contributed by atoms with Crippen molar-refractivity contribution in [3.05, 3.63) is 25.0 Å². The van der Waals surface area contributed by atoms with Crippen LogP contribution in [0.4, 0.5) is 0 Å². The van der Waals surface area contributed by atoms with Gasteiger partial charge in [-0.15, -0.1) is 0 Å². The summed E-state index contributed by atoms with van der Waals surface area (Å²) in [5, 5.41) is 0. The molecule has 0 fully saturated rings. The summed E-state index contributed by atoms with van der Waals surface area (Å²) in [6.45, 7) is 3.55. The molecule has 3 heteroatoms. The Labute approximate surface area is 70.3 Å². The van der Waals surface area contributed by atoms with E-state index >= 15 is 0 Å². The second-order valence-corrected chi connectivity index (χ2v) is 3.67. The maximum atomic E-state index is 5.86. The van der Waals surface area contributed by atoms with Crippen LogP contribution in [0.2, 0.25) is 0 Å². The van der Waals surface area contributed by atoms with Gasteiger partial charge in [0.15, 0.2) is 4.33 Å². The van der Waals surface area contributed by atoms with E-state index in [2.05, 4.69) is 6.58 Å². The molecule has 0 aromatic rings. The molecule has 0 saturated carbocycles. The van der Waals surface area contributed by atoms with E-state index in [1.54, 1.807) is 18.4 Å². The van der Waals surface area contributed by atoms with Crippen LogP contribution < -0.4 is 0 Å². The normalized spacial score (nSPS) is 29.2. The minimum atomic E-state index is -0.837. The highest BCUT2D eigenvalue weighted by Crippen LogP contribution is 2.35. The highest BCUT2D eigenvalue weighted by molar-refractivity contribution is 6.49. The summed E-state index contributed by atoms with van der Waals surface area (Å²) in [5.41, 5.74) is 0. The van der Waals surface area contributed by atoms with Crippen LogP contribution in [0, 0.1) is 0 Å². The van der Waals surface area contributed by atoms with Gasteiger partial charge in [0.05, 0.1) is 6.26 Å². The van der Waals surface area contributed by atoms with Gasteiger partial charge in [-0.25, -0.2) is 0 Å². The lowest BCUT2D eigenvalue weighted by molar-refractivity contribution is 0.156.